The van der Waals surface area contributed by atoms with Gasteiger partial charge in [0.25, 0.3) is 0 Å². The van der Waals surface area contributed by atoms with Crippen LogP contribution in [0.2, 0.25) is 0 Å². The Morgan fingerprint density at radius 2 is 1.88 bits per heavy atom. The molecule has 26 heavy (non-hydrogen) atoms. The van der Waals surface area contributed by atoms with Crippen LogP contribution in [-0.2, 0) is 18.3 Å². The number of amides is 1. The third-order valence-corrected chi connectivity index (χ3v) is 5.16. The molecule has 1 amide bonds. The lowest BCUT2D eigenvalue weighted by Gasteiger charge is -2.31. The molecule has 1 aromatic carbocycles. The van der Waals surface area contributed by atoms with Gasteiger partial charge in [-0.2, -0.15) is 5.10 Å². The van der Waals surface area contributed by atoms with Crippen molar-refractivity contribution in [3.63, 3.8) is 0 Å². The normalized spacial score (nSPS) is 16.8. The van der Waals surface area contributed by atoms with Crippen molar-refractivity contribution in [1.29, 1.82) is 0 Å². The van der Waals surface area contributed by atoms with Crippen LogP contribution < -0.4 is 5.32 Å². The lowest BCUT2D eigenvalue weighted by atomic mass is 10.0. The highest BCUT2D eigenvalue weighted by atomic mass is 16.1. The number of carbonyl (C=O) groups is 1. The Kier molecular flexibility index (Phi) is 6.83. The SMILES string of the molecule is Cn1cc(CCC(=O)NC[C@@H](c2ccccc2)N2CCCCCC2)cn1. The van der Waals surface area contributed by atoms with Crippen LogP contribution in [0.3, 0.4) is 0 Å². The smallest absolute Gasteiger partial charge is 0.220 e. The van der Waals surface area contributed by atoms with Gasteiger partial charge in [0.1, 0.15) is 0 Å². The van der Waals surface area contributed by atoms with E-state index in [1.807, 2.05) is 19.4 Å². The first-order chi connectivity index (χ1) is 12.7. The molecular formula is C21H30N4O. The van der Waals surface area contributed by atoms with Crippen LogP contribution in [0.25, 0.3) is 0 Å². The highest BCUT2D eigenvalue weighted by molar-refractivity contribution is 5.76. The molecule has 1 aliphatic rings. The summed E-state index contributed by atoms with van der Waals surface area (Å²) in [5.74, 6) is 0.115. The summed E-state index contributed by atoms with van der Waals surface area (Å²) in [5, 5.41) is 7.32. The lowest BCUT2D eigenvalue weighted by Crippen LogP contribution is -2.38. The van der Waals surface area contributed by atoms with Gasteiger partial charge in [-0.15, -0.1) is 0 Å². The molecule has 1 fully saturated rings. The summed E-state index contributed by atoms with van der Waals surface area (Å²) in [7, 11) is 1.90. The predicted molar refractivity (Wildman–Crippen MR) is 104 cm³/mol. The molecule has 0 saturated carbocycles. The first-order valence-corrected chi connectivity index (χ1v) is 9.75. The summed E-state index contributed by atoms with van der Waals surface area (Å²) in [6, 6.07) is 10.8. The van der Waals surface area contributed by atoms with E-state index in [0.29, 0.717) is 13.0 Å². The van der Waals surface area contributed by atoms with Crippen molar-refractivity contribution >= 4 is 5.91 Å². The number of nitrogens with one attached hydrogen (secondary N) is 1. The summed E-state index contributed by atoms with van der Waals surface area (Å²) < 4.78 is 1.78. The van der Waals surface area contributed by atoms with Gasteiger partial charge in [-0.3, -0.25) is 14.4 Å². The van der Waals surface area contributed by atoms with E-state index in [1.165, 1.54) is 31.2 Å². The minimum Gasteiger partial charge on any atom is -0.354 e. The molecule has 3 rings (SSSR count). The first-order valence-electron chi connectivity index (χ1n) is 9.75. The highest BCUT2D eigenvalue weighted by Crippen LogP contribution is 2.23. The van der Waals surface area contributed by atoms with Crippen molar-refractivity contribution in [3.8, 4) is 0 Å². The molecular weight excluding hydrogens is 324 g/mol. The molecule has 0 spiro atoms. The Balaban J connectivity index is 1.57. The molecule has 1 aromatic heterocycles. The van der Waals surface area contributed by atoms with Crippen molar-refractivity contribution in [2.75, 3.05) is 19.6 Å². The van der Waals surface area contributed by atoms with Crippen LogP contribution in [-0.4, -0.2) is 40.2 Å². The van der Waals surface area contributed by atoms with Gasteiger partial charge in [-0.25, -0.2) is 0 Å². The third kappa shape index (κ3) is 5.43. The van der Waals surface area contributed by atoms with E-state index < -0.39 is 0 Å². The molecule has 1 aliphatic heterocycles. The van der Waals surface area contributed by atoms with E-state index in [9.17, 15) is 4.79 Å². The Morgan fingerprint density at radius 1 is 1.15 bits per heavy atom. The number of nitrogens with zero attached hydrogens (tertiary/aromatic N) is 3. The number of carbonyl (C=O) groups excluding carboxylic acids is 1. The molecule has 0 radical (unpaired) electrons. The average molecular weight is 354 g/mol. The van der Waals surface area contributed by atoms with Crippen LogP contribution in [0, 0.1) is 0 Å². The van der Waals surface area contributed by atoms with E-state index in [0.717, 1.165) is 25.1 Å². The molecule has 2 heterocycles. The zero-order chi connectivity index (χ0) is 18.2. The Bertz CT molecular complexity index is 674. The first kappa shape index (κ1) is 18.6. The number of aromatic nitrogens is 2. The minimum absolute atomic E-state index is 0.115. The zero-order valence-electron chi connectivity index (χ0n) is 15.7. The second kappa shape index (κ2) is 9.53. The fourth-order valence-electron chi connectivity index (χ4n) is 3.70. The second-order valence-electron chi connectivity index (χ2n) is 7.20. The lowest BCUT2D eigenvalue weighted by molar-refractivity contribution is -0.121. The maximum Gasteiger partial charge on any atom is 0.220 e. The fraction of sp³-hybridized carbons (Fsp3) is 0.524. The Morgan fingerprint density at radius 3 is 2.54 bits per heavy atom. The van der Waals surface area contributed by atoms with Crippen molar-refractivity contribution in [1.82, 2.24) is 20.0 Å². The maximum absolute atomic E-state index is 12.4. The van der Waals surface area contributed by atoms with Gasteiger partial charge in [0.05, 0.1) is 12.2 Å². The van der Waals surface area contributed by atoms with E-state index >= 15 is 0 Å². The number of hydrogen-bond donors (Lipinski definition) is 1. The average Bonchev–Trinajstić information content (AvgIpc) is 2.90. The summed E-state index contributed by atoms with van der Waals surface area (Å²) in [4.78, 5) is 14.9. The Hall–Kier alpha value is -2.14. The van der Waals surface area contributed by atoms with Crippen LogP contribution >= 0.6 is 0 Å². The molecule has 140 valence electrons. The van der Waals surface area contributed by atoms with Gasteiger partial charge < -0.3 is 5.32 Å². The number of aryl methyl sites for hydroxylation is 2. The predicted octanol–water partition coefficient (Wildman–Crippen LogP) is 3.09. The maximum atomic E-state index is 12.4. The summed E-state index contributed by atoms with van der Waals surface area (Å²) >= 11 is 0. The summed E-state index contributed by atoms with van der Waals surface area (Å²) in [6.45, 7) is 2.91. The van der Waals surface area contributed by atoms with E-state index in [2.05, 4.69) is 45.6 Å². The van der Waals surface area contributed by atoms with Gasteiger partial charge in [0.2, 0.25) is 5.91 Å². The van der Waals surface area contributed by atoms with Gasteiger partial charge in [0.15, 0.2) is 0 Å². The highest BCUT2D eigenvalue weighted by Gasteiger charge is 2.22. The standard InChI is InChI=1S/C21H30N4O/c1-24-17-18(15-23-24)11-12-21(26)22-16-20(19-9-5-4-6-10-19)25-13-7-2-3-8-14-25/h4-6,9-10,15,17,20H,2-3,7-8,11-14,16H2,1H3,(H,22,26)/t20-/m0/s1. The fourth-order valence-corrected chi connectivity index (χ4v) is 3.70. The van der Waals surface area contributed by atoms with Crippen molar-refractivity contribution < 1.29 is 4.79 Å². The van der Waals surface area contributed by atoms with Gasteiger partial charge in [0, 0.05) is 26.2 Å². The molecule has 5 nitrogen and oxygen atoms in total. The van der Waals surface area contributed by atoms with Crippen molar-refractivity contribution in [2.24, 2.45) is 7.05 Å². The monoisotopic (exact) mass is 354 g/mol. The molecule has 1 N–H and O–H groups in total. The number of likely N-dealkylation sites (tertiary alicyclic amines) is 1. The summed E-state index contributed by atoms with van der Waals surface area (Å²) in [5.41, 5.74) is 2.40. The molecule has 0 unspecified atom stereocenters. The number of hydrogen-bond acceptors (Lipinski definition) is 3. The van der Waals surface area contributed by atoms with Crippen molar-refractivity contribution in [3.05, 3.63) is 53.9 Å². The third-order valence-electron chi connectivity index (χ3n) is 5.16. The van der Waals surface area contributed by atoms with Crippen LogP contribution in [0.4, 0.5) is 0 Å². The molecule has 1 saturated heterocycles. The Labute approximate surface area is 156 Å². The van der Waals surface area contributed by atoms with Gasteiger partial charge in [-0.05, 0) is 43.5 Å². The largest absolute Gasteiger partial charge is 0.354 e. The van der Waals surface area contributed by atoms with E-state index in [1.54, 1.807) is 4.68 Å². The number of benzene rings is 1. The molecule has 1 atom stereocenters. The van der Waals surface area contributed by atoms with Crippen LogP contribution in [0.5, 0.6) is 0 Å². The van der Waals surface area contributed by atoms with Gasteiger partial charge in [-0.1, -0.05) is 43.2 Å². The van der Waals surface area contributed by atoms with Gasteiger partial charge >= 0.3 is 0 Å². The number of rotatable bonds is 7. The second-order valence-corrected chi connectivity index (χ2v) is 7.20. The molecule has 0 bridgehead atoms. The van der Waals surface area contributed by atoms with E-state index in [-0.39, 0.29) is 11.9 Å². The molecule has 2 aromatic rings. The zero-order valence-corrected chi connectivity index (χ0v) is 15.7. The molecule has 0 aliphatic carbocycles. The van der Waals surface area contributed by atoms with E-state index in [4.69, 9.17) is 0 Å². The summed E-state index contributed by atoms with van der Waals surface area (Å²) in [6.07, 6.45) is 10.2. The van der Waals surface area contributed by atoms with Crippen LogP contribution in [0.15, 0.2) is 42.7 Å². The minimum atomic E-state index is 0.115. The van der Waals surface area contributed by atoms with Crippen molar-refractivity contribution in [2.45, 2.75) is 44.6 Å². The topological polar surface area (TPSA) is 50.2 Å². The van der Waals surface area contributed by atoms with Crippen LogP contribution in [0.1, 0.15) is 49.3 Å². The molecule has 5 heteroatoms. The quantitative estimate of drug-likeness (QED) is 0.831.